The Morgan fingerprint density at radius 1 is 0.974 bits per heavy atom. The first kappa shape index (κ1) is 26.9. The van der Waals surface area contributed by atoms with Gasteiger partial charge in [-0.3, -0.25) is 14.5 Å². The first-order valence-corrected chi connectivity index (χ1v) is 14.3. The minimum Gasteiger partial charge on any atom is -0.490 e. The van der Waals surface area contributed by atoms with Crippen LogP contribution in [0.5, 0.6) is 11.5 Å². The topological polar surface area (TPSA) is 94.8 Å². The van der Waals surface area contributed by atoms with Crippen LogP contribution in [-0.2, 0) is 6.42 Å². The number of hydrogen-bond acceptors (Lipinski definition) is 8. The van der Waals surface area contributed by atoms with Crippen molar-refractivity contribution in [3.63, 3.8) is 0 Å². The quantitative estimate of drug-likeness (QED) is 0.208. The summed E-state index contributed by atoms with van der Waals surface area (Å²) in [7, 11) is 0. The predicted molar refractivity (Wildman–Crippen MR) is 153 cm³/mol. The molecule has 0 bridgehead atoms. The van der Waals surface area contributed by atoms with Crippen LogP contribution >= 0.6 is 11.3 Å². The van der Waals surface area contributed by atoms with Gasteiger partial charge in [0, 0.05) is 6.42 Å². The van der Waals surface area contributed by atoms with E-state index in [2.05, 4.69) is 24.0 Å². The molecular formula is C30H33N3O5S. The molecule has 0 spiro atoms. The molecule has 2 aromatic carbocycles. The lowest BCUT2D eigenvalue weighted by atomic mass is 9.97. The first-order chi connectivity index (χ1) is 18.9. The second kappa shape index (κ2) is 11.2. The highest BCUT2D eigenvalue weighted by Crippen LogP contribution is 2.44. The molecule has 0 radical (unpaired) electrons. The van der Waals surface area contributed by atoms with Crippen LogP contribution in [0.15, 0.2) is 39.5 Å². The van der Waals surface area contributed by atoms with Crippen molar-refractivity contribution in [1.82, 2.24) is 10.2 Å². The van der Waals surface area contributed by atoms with Crippen LogP contribution in [0.2, 0.25) is 0 Å². The highest BCUT2D eigenvalue weighted by Gasteiger charge is 2.45. The molecule has 5 rings (SSSR count). The molecule has 0 fully saturated rings. The average Bonchev–Trinajstić information content (AvgIpc) is 3.49. The number of carbonyl (C=O) groups is 1. The summed E-state index contributed by atoms with van der Waals surface area (Å²) in [6, 6.07) is 8.47. The monoisotopic (exact) mass is 547 g/mol. The number of fused-ring (bicyclic) bond motifs is 2. The van der Waals surface area contributed by atoms with Gasteiger partial charge in [0.25, 0.3) is 5.91 Å². The fourth-order valence-corrected chi connectivity index (χ4v) is 5.77. The average molecular weight is 548 g/mol. The summed E-state index contributed by atoms with van der Waals surface area (Å²) in [5.74, 6) is 0.817. The first-order valence-electron chi connectivity index (χ1n) is 13.5. The molecule has 1 aliphatic rings. The lowest BCUT2D eigenvalue weighted by molar-refractivity contribution is 0.0970. The highest BCUT2D eigenvalue weighted by atomic mass is 32.1. The minimum atomic E-state index is -0.749. The molecular weight excluding hydrogens is 514 g/mol. The van der Waals surface area contributed by atoms with Crippen LogP contribution in [0.3, 0.4) is 0 Å². The Kier molecular flexibility index (Phi) is 7.70. The molecule has 2 aromatic heterocycles. The van der Waals surface area contributed by atoms with E-state index in [4.69, 9.17) is 13.9 Å². The standard InChI is InChI=1S/C30H33N3O5S/c1-6-9-13-37-21-12-11-19(16-23(21)36-8-3)26-25-27(34)20-14-17(4)18(5)15-22(20)38-28(25)29(35)33(26)30-32-31-24(39-30)10-7-2/h11-12,14-16,26H,6-10,13H2,1-5H3. The van der Waals surface area contributed by atoms with Crippen molar-refractivity contribution >= 4 is 33.3 Å². The minimum absolute atomic E-state index is 0.0363. The van der Waals surface area contributed by atoms with Gasteiger partial charge in [-0.05, 0) is 74.6 Å². The Morgan fingerprint density at radius 3 is 2.51 bits per heavy atom. The zero-order valence-electron chi connectivity index (χ0n) is 23.0. The van der Waals surface area contributed by atoms with Gasteiger partial charge in [-0.15, -0.1) is 10.2 Å². The van der Waals surface area contributed by atoms with E-state index in [9.17, 15) is 9.59 Å². The lowest BCUT2D eigenvalue weighted by Gasteiger charge is -2.23. The molecule has 39 heavy (non-hydrogen) atoms. The summed E-state index contributed by atoms with van der Waals surface area (Å²) >= 11 is 1.36. The van der Waals surface area contributed by atoms with Crippen molar-refractivity contribution in [2.75, 3.05) is 18.1 Å². The second-order valence-electron chi connectivity index (χ2n) is 9.75. The Labute approximate surface area is 231 Å². The number of amides is 1. The van der Waals surface area contributed by atoms with E-state index in [-0.39, 0.29) is 11.2 Å². The van der Waals surface area contributed by atoms with E-state index < -0.39 is 11.9 Å². The second-order valence-corrected chi connectivity index (χ2v) is 10.8. The number of carbonyl (C=O) groups excluding carboxylic acids is 1. The third-order valence-corrected chi connectivity index (χ3v) is 7.93. The number of aromatic nitrogens is 2. The number of benzene rings is 2. The summed E-state index contributed by atoms with van der Waals surface area (Å²) in [6.45, 7) is 11.0. The SMILES string of the molecule is CCCCOc1ccc(C2c3c(oc4cc(C)c(C)cc4c3=O)C(=O)N2c2nnc(CCC)s2)cc1OCC. The predicted octanol–water partition coefficient (Wildman–Crippen LogP) is 6.54. The maximum Gasteiger partial charge on any atom is 0.297 e. The molecule has 1 atom stereocenters. The number of hydrogen-bond donors (Lipinski definition) is 0. The molecule has 8 nitrogen and oxygen atoms in total. The molecule has 0 saturated carbocycles. The van der Waals surface area contributed by atoms with Crippen molar-refractivity contribution in [1.29, 1.82) is 0 Å². The van der Waals surface area contributed by atoms with Gasteiger partial charge in [0.05, 0.1) is 30.2 Å². The Bertz CT molecular complexity index is 1590. The van der Waals surface area contributed by atoms with E-state index in [1.165, 1.54) is 16.2 Å². The fraction of sp³-hybridized carbons (Fsp3) is 0.400. The smallest absolute Gasteiger partial charge is 0.297 e. The lowest BCUT2D eigenvalue weighted by Crippen LogP contribution is -2.29. The van der Waals surface area contributed by atoms with Gasteiger partial charge < -0.3 is 13.9 Å². The van der Waals surface area contributed by atoms with E-state index >= 15 is 0 Å². The van der Waals surface area contributed by atoms with Crippen molar-refractivity contribution in [3.8, 4) is 11.5 Å². The van der Waals surface area contributed by atoms with Gasteiger partial charge in [0.2, 0.25) is 10.9 Å². The van der Waals surface area contributed by atoms with E-state index in [0.29, 0.717) is 51.9 Å². The van der Waals surface area contributed by atoms with Gasteiger partial charge in [-0.2, -0.15) is 0 Å². The van der Waals surface area contributed by atoms with Crippen molar-refractivity contribution in [2.24, 2.45) is 0 Å². The van der Waals surface area contributed by atoms with Gasteiger partial charge in [0.1, 0.15) is 10.6 Å². The molecule has 4 aromatic rings. The zero-order chi connectivity index (χ0) is 27.7. The van der Waals surface area contributed by atoms with Crippen LogP contribution in [0, 0.1) is 13.8 Å². The summed E-state index contributed by atoms with van der Waals surface area (Å²) in [4.78, 5) is 29.5. The highest BCUT2D eigenvalue weighted by molar-refractivity contribution is 7.15. The molecule has 0 saturated heterocycles. The van der Waals surface area contributed by atoms with Gasteiger partial charge in [-0.1, -0.05) is 37.7 Å². The summed E-state index contributed by atoms with van der Waals surface area (Å²) < 4.78 is 18.1. The number of anilines is 1. The molecule has 9 heteroatoms. The molecule has 0 N–H and O–H groups in total. The molecule has 0 aliphatic carbocycles. The summed E-state index contributed by atoms with van der Waals surface area (Å²) in [5.41, 5.74) is 3.14. The van der Waals surface area contributed by atoms with Crippen molar-refractivity contribution < 1.29 is 18.7 Å². The largest absolute Gasteiger partial charge is 0.490 e. The van der Waals surface area contributed by atoms with Crippen LogP contribution in [0.4, 0.5) is 5.13 Å². The maximum atomic E-state index is 14.0. The van der Waals surface area contributed by atoms with Crippen LogP contribution < -0.4 is 19.8 Å². The Hall–Kier alpha value is -3.72. The molecule has 1 aliphatic heterocycles. The normalized spacial score (nSPS) is 14.7. The third-order valence-electron chi connectivity index (χ3n) is 6.95. The number of rotatable bonds is 10. The van der Waals surface area contributed by atoms with E-state index in [1.54, 1.807) is 0 Å². The number of nitrogens with zero attached hydrogens (tertiary/aromatic N) is 3. The van der Waals surface area contributed by atoms with E-state index in [0.717, 1.165) is 41.8 Å². The van der Waals surface area contributed by atoms with Gasteiger partial charge in [0.15, 0.2) is 16.9 Å². The van der Waals surface area contributed by atoms with Crippen LogP contribution in [0.25, 0.3) is 11.0 Å². The van der Waals surface area contributed by atoms with E-state index in [1.807, 2.05) is 51.1 Å². The third kappa shape index (κ3) is 4.91. The maximum absolute atomic E-state index is 14.0. The number of unbranched alkanes of at least 4 members (excludes halogenated alkanes) is 1. The zero-order valence-corrected chi connectivity index (χ0v) is 23.8. The molecule has 3 heterocycles. The molecule has 1 amide bonds. The molecule has 204 valence electrons. The van der Waals surface area contributed by atoms with Crippen LogP contribution in [-0.4, -0.2) is 29.3 Å². The van der Waals surface area contributed by atoms with Crippen LogP contribution in [0.1, 0.15) is 83.9 Å². The van der Waals surface area contributed by atoms with Gasteiger partial charge >= 0.3 is 0 Å². The summed E-state index contributed by atoms with van der Waals surface area (Å²) in [5, 5.41) is 10.4. The van der Waals surface area contributed by atoms with Crippen molar-refractivity contribution in [2.45, 2.75) is 66.3 Å². The summed E-state index contributed by atoms with van der Waals surface area (Å²) in [6.07, 6.45) is 3.61. The Morgan fingerprint density at radius 2 is 1.77 bits per heavy atom. The number of ether oxygens (including phenoxy) is 2. The van der Waals surface area contributed by atoms with Gasteiger partial charge in [-0.25, -0.2) is 0 Å². The number of aryl methyl sites for hydroxylation is 3. The Balaban J connectivity index is 1.71. The molecule has 1 unspecified atom stereocenters. The van der Waals surface area contributed by atoms with Crippen molar-refractivity contribution in [3.05, 3.63) is 73.6 Å². The fourth-order valence-electron chi connectivity index (χ4n) is 4.81.